The monoisotopic (exact) mass is 318 g/mol. The van der Waals surface area contributed by atoms with Crippen molar-refractivity contribution in [3.05, 3.63) is 11.1 Å². The Balaban J connectivity index is 2.95. The normalized spacial score (nSPS) is 13.8. The maximum absolute atomic E-state index is 11.0. The number of aliphatic hydroxyl groups is 1. The highest BCUT2D eigenvalue weighted by atomic mass is 32.1. The number of aromatic nitrogens is 1. The minimum atomic E-state index is -5.40. The average Bonchev–Trinajstić information content (AvgIpc) is 2.57. The Morgan fingerprint density at radius 2 is 1.78 bits per heavy atom. The molecule has 1 rings (SSSR count). The lowest BCUT2D eigenvalue weighted by atomic mass is 10.2. The van der Waals surface area contributed by atoms with Gasteiger partial charge in [0.05, 0.1) is 5.69 Å². The van der Waals surface area contributed by atoms with Crippen LogP contribution >= 0.6 is 26.5 Å². The molecule has 0 aliphatic heterocycles. The lowest BCUT2D eigenvalue weighted by Gasteiger charge is -2.28. The lowest BCUT2D eigenvalue weighted by Crippen LogP contribution is -2.29. The summed E-state index contributed by atoms with van der Waals surface area (Å²) in [5, 5.41) is 7.84. The molecule has 0 aromatic carbocycles. The zero-order valence-electron chi connectivity index (χ0n) is 8.87. The largest absolute Gasteiger partial charge is 0.375 e. The Hall–Kier alpha value is -0.310. The van der Waals surface area contributed by atoms with E-state index in [1.807, 2.05) is 0 Å². The van der Waals surface area contributed by atoms with E-state index in [0.717, 1.165) is 11.3 Å². The second kappa shape index (κ2) is 4.99. The zero-order chi connectivity index (χ0) is 14.2. The Bertz CT molecular complexity index is 498. The first kappa shape index (κ1) is 15.7. The molecule has 0 saturated heterocycles. The molecule has 0 atom stereocenters. The number of nitrogens with two attached hydrogens (primary N) is 1. The van der Waals surface area contributed by atoms with Crippen LogP contribution in [0.1, 0.15) is 12.1 Å². The third kappa shape index (κ3) is 3.17. The molecule has 9 nitrogen and oxygen atoms in total. The zero-order valence-corrected chi connectivity index (χ0v) is 11.5. The van der Waals surface area contributed by atoms with Gasteiger partial charge in [-0.3, -0.25) is 9.13 Å². The molecule has 18 heavy (non-hydrogen) atoms. The summed E-state index contributed by atoms with van der Waals surface area (Å²) >= 11 is 1.07. The second-order valence-corrected chi connectivity index (χ2v) is 8.44. The van der Waals surface area contributed by atoms with Crippen LogP contribution in [0.3, 0.4) is 0 Å². The van der Waals surface area contributed by atoms with Crippen molar-refractivity contribution in [2.75, 3.05) is 5.73 Å². The number of nitrogen functional groups attached to an aromatic ring is 1. The molecular formula is C6H12N2O7P2S. The fourth-order valence-electron chi connectivity index (χ4n) is 1.19. The molecule has 1 aromatic rings. The van der Waals surface area contributed by atoms with Crippen LogP contribution in [-0.2, 0) is 15.6 Å². The van der Waals surface area contributed by atoms with Gasteiger partial charge in [-0.15, -0.1) is 11.3 Å². The number of hydrogen-bond acceptors (Lipinski definition) is 6. The van der Waals surface area contributed by atoms with E-state index in [2.05, 4.69) is 4.98 Å². The highest BCUT2D eigenvalue weighted by molar-refractivity contribution is 7.72. The van der Waals surface area contributed by atoms with Gasteiger partial charge in [0.2, 0.25) is 0 Å². The average molecular weight is 318 g/mol. The van der Waals surface area contributed by atoms with E-state index < -0.39 is 26.7 Å². The van der Waals surface area contributed by atoms with Crippen LogP contribution in [0, 0.1) is 0 Å². The van der Waals surface area contributed by atoms with Crippen LogP contribution in [0.2, 0.25) is 0 Å². The van der Waals surface area contributed by atoms with E-state index >= 15 is 0 Å². The Kier molecular flexibility index (Phi) is 4.37. The van der Waals surface area contributed by atoms with Gasteiger partial charge in [-0.2, -0.15) is 0 Å². The van der Waals surface area contributed by atoms with Crippen molar-refractivity contribution in [3.63, 3.8) is 0 Å². The van der Waals surface area contributed by atoms with Crippen molar-refractivity contribution in [1.29, 1.82) is 0 Å². The van der Waals surface area contributed by atoms with E-state index in [9.17, 15) is 14.2 Å². The number of aryl methyl sites for hydroxylation is 1. The number of thiazole rings is 1. The Morgan fingerprint density at radius 1 is 1.28 bits per heavy atom. The van der Waals surface area contributed by atoms with Gasteiger partial charge in [-0.1, -0.05) is 0 Å². The first-order valence-corrected chi connectivity index (χ1v) is 8.61. The minimum absolute atomic E-state index is 0.209. The van der Waals surface area contributed by atoms with Crippen molar-refractivity contribution in [1.82, 2.24) is 4.98 Å². The molecule has 0 aliphatic carbocycles. The van der Waals surface area contributed by atoms with E-state index in [4.69, 9.17) is 25.3 Å². The van der Waals surface area contributed by atoms with Crippen LogP contribution < -0.4 is 5.73 Å². The molecule has 0 radical (unpaired) electrons. The van der Waals surface area contributed by atoms with Crippen LogP contribution in [0.25, 0.3) is 0 Å². The first-order chi connectivity index (χ1) is 7.97. The molecule has 0 unspecified atom stereocenters. The van der Waals surface area contributed by atoms with Crippen molar-refractivity contribution in [2.24, 2.45) is 0 Å². The van der Waals surface area contributed by atoms with Crippen molar-refractivity contribution < 1.29 is 33.8 Å². The van der Waals surface area contributed by atoms with Gasteiger partial charge in [0.25, 0.3) is 5.08 Å². The number of anilines is 1. The molecule has 1 heterocycles. The third-order valence-corrected chi connectivity index (χ3v) is 6.82. The summed E-state index contributed by atoms with van der Waals surface area (Å²) in [6, 6.07) is 0. The summed E-state index contributed by atoms with van der Waals surface area (Å²) in [5.41, 5.74) is 5.62. The molecule has 1 aromatic heterocycles. The van der Waals surface area contributed by atoms with Gasteiger partial charge in [0.1, 0.15) is 0 Å². The van der Waals surface area contributed by atoms with Gasteiger partial charge in [-0.05, 0) is 6.42 Å². The summed E-state index contributed by atoms with van der Waals surface area (Å²) in [6.07, 6.45) is -1.05. The SMILES string of the molecule is Nc1nc(CCC(O)(P(=O)(O)O)P(=O)(O)O)cs1. The fraction of sp³-hybridized carbons (Fsp3) is 0.500. The van der Waals surface area contributed by atoms with Crippen LogP contribution in [0.4, 0.5) is 5.13 Å². The molecule has 12 heteroatoms. The highest BCUT2D eigenvalue weighted by Gasteiger charge is 2.58. The van der Waals surface area contributed by atoms with Gasteiger partial charge in [0.15, 0.2) is 5.13 Å². The van der Waals surface area contributed by atoms with E-state index in [1.54, 1.807) is 0 Å². The fourth-order valence-corrected chi connectivity index (χ4v) is 3.96. The maximum Gasteiger partial charge on any atom is 0.369 e. The van der Waals surface area contributed by atoms with Gasteiger partial charge >= 0.3 is 15.2 Å². The third-order valence-electron chi connectivity index (χ3n) is 2.22. The molecule has 0 spiro atoms. The molecule has 0 aliphatic rings. The number of hydrogen-bond donors (Lipinski definition) is 6. The lowest BCUT2D eigenvalue weighted by molar-refractivity contribution is 0.123. The highest BCUT2D eigenvalue weighted by Crippen LogP contribution is 2.69. The van der Waals surface area contributed by atoms with Crippen molar-refractivity contribution in [2.45, 2.75) is 17.9 Å². The molecule has 104 valence electrons. The minimum Gasteiger partial charge on any atom is -0.375 e. The number of nitrogens with zero attached hydrogens (tertiary/aromatic N) is 1. The second-order valence-electron chi connectivity index (χ2n) is 3.54. The van der Waals surface area contributed by atoms with Crippen LogP contribution in [0.5, 0.6) is 0 Å². The topological polar surface area (TPSA) is 174 Å². The summed E-state index contributed by atoms with van der Waals surface area (Å²) in [5.74, 6) is 0. The summed E-state index contributed by atoms with van der Waals surface area (Å²) in [7, 11) is -10.8. The quantitative estimate of drug-likeness (QED) is 0.397. The molecule has 0 amide bonds. The molecule has 0 saturated carbocycles. The van der Waals surface area contributed by atoms with Crippen molar-refractivity contribution in [3.8, 4) is 0 Å². The molecule has 7 N–H and O–H groups in total. The summed E-state index contributed by atoms with van der Waals surface area (Å²) in [4.78, 5) is 39.3. The summed E-state index contributed by atoms with van der Waals surface area (Å²) in [6.45, 7) is 0. The smallest absolute Gasteiger partial charge is 0.369 e. The number of rotatable bonds is 5. The van der Waals surface area contributed by atoms with E-state index in [-0.39, 0.29) is 17.2 Å². The Morgan fingerprint density at radius 3 is 2.11 bits per heavy atom. The van der Waals surface area contributed by atoms with E-state index in [0.29, 0.717) is 0 Å². The van der Waals surface area contributed by atoms with Crippen molar-refractivity contribution >= 4 is 31.7 Å². The standard InChI is InChI=1S/C6H12N2O7P2S/c7-5-8-4(3-18-5)1-2-6(9,16(10,11)12)17(13,14)15/h3,9H,1-2H2,(H2,7,8)(H2,10,11,12)(H2,13,14,15). The maximum atomic E-state index is 11.0. The van der Waals surface area contributed by atoms with Gasteiger partial charge in [0, 0.05) is 11.8 Å². The van der Waals surface area contributed by atoms with Gasteiger partial charge < -0.3 is 30.4 Å². The predicted octanol–water partition coefficient (Wildman–Crippen LogP) is -0.341. The van der Waals surface area contributed by atoms with Crippen LogP contribution in [0.15, 0.2) is 5.38 Å². The van der Waals surface area contributed by atoms with E-state index in [1.165, 1.54) is 5.38 Å². The molecule has 0 bridgehead atoms. The molecular weight excluding hydrogens is 306 g/mol. The van der Waals surface area contributed by atoms with Gasteiger partial charge in [-0.25, -0.2) is 4.98 Å². The van der Waals surface area contributed by atoms with Crippen LogP contribution in [-0.4, -0.2) is 34.7 Å². The summed E-state index contributed by atoms with van der Waals surface area (Å²) < 4.78 is 22.1. The predicted molar refractivity (Wildman–Crippen MR) is 63.9 cm³/mol. The molecule has 0 fully saturated rings. The first-order valence-electron chi connectivity index (χ1n) is 4.51. The Labute approximate surface area is 106 Å².